The molecule has 0 atom stereocenters. The van der Waals surface area contributed by atoms with Gasteiger partial charge in [0.25, 0.3) is 0 Å². The van der Waals surface area contributed by atoms with Crippen LogP contribution in [0.4, 0.5) is 5.69 Å². The molecule has 0 unspecified atom stereocenters. The van der Waals surface area contributed by atoms with Gasteiger partial charge in [0, 0.05) is 25.3 Å². The van der Waals surface area contributed by atoms with Gasteiger partial charge in [0.05, 0.1) is 6.67 Å². The van der Waals surface area contributed by atoms with E-state index in [2.05, 4.69) is 81.8 Å². The molecule has 1 N–H and O–H groups in total. The van der Waals surface area contributed by atoms with Crippen LogP contribution in [0.2, 0.25) is 0 Å². The molecule has 0 aromatic heterocycles. The van der Waals surface area contributed by atoms with Crippen LogP contribution in [-0.4, -0.2) is 36.1 Å². The molecule has 4 heteroatoms. The van der Waals surface area contributed by atoms with Crippen LogP contribution in [0.25, 0.3) is 11.1 Å². The van der Waals surface area contributed by atoms with Crippen molar-refractivity contribution in [1.29, 1.82) is 0 Å². The molecule has 0 aliphatic carbocycles. The van der Waals surface area contributed by atoms with Gasteiger partial charge < -0.3 is 10.2 Å². The lowest BCUT2D eigenvalue weighted by atomic mass is 9.85. The molecule has 30 heavy (non-hydrogen) atoms. The first-order chi connectivity index (χ1) is 14.8. The minimum atomic E-state index is -0.420. The summed E-state index contributed by atoms with van der Waals surface area (Å²) in [5.74, 6) is 0.177. The van der Waals surface area contributed by atoms with E-state index < -0.39 is 5.54 Å². The zero-order valence-electron chi connectivity index (χ0n) is 17.1. The number of piperidine rings is 1. The van der Waals surface area contributed by atoms with Crippen molar-refractivity contribution in [3.8, 4) is 11.1 Å². The lowest BCUT2D eigenvalue weighted by Crippen LogP contribution is -2.56. The average molecular weight is 398 g/mol. The van der Waals surface area contributed by atoms with Crippen molar-refractivity contribution < 1.29 is 4.79 Å². The lowest BCUT2D eigenvalue weighted by Gasteiger charge is -2.43. The van der Waals surface area contributed by atoms with Gasteiger partial charge in [-0.3, -0.25) is 9.69 Å². The number of nitrogens with zero attached hydrogens (tertiary/aromatic N) is 2. The van der Waals surface area contributed by atoms with Gasteiger partial charge in [-0.15, -0.1) is 0 Å². The Labute approximate surface area is 178 Å². The minimum Gasteiger partial charge on any atom is -0.339 e. The van der Waals surface area contributed by atoms with Crippen molar-refractivity contribution >= 4 is 11.6 Å². The average Bonchev–Trinajstić information content (AvgIpc) is 3.12. The van der Waals surface area contributed by atoms with E-state index in [-0.39, 0.29) is 5.91 Å². The normalized spacial score (nSPS) is 18.5. The number of carbonyl (C=O) groups excluding carboxylic acids is 1. The maximum atomic E-state index is 12.9. The summed E-state index contributed by atoms with van der Waals surface area (Å²) in [5, 5.41) is 3.09. The van der Waals surface area contributed by atoms with Gasteiger partial charge in [-0.25, -0.2) is 0 Å². The van der Waals surface area contributed by atoms with Gasteiger partial charge in [-0.1, -0.05) is 72.8 Å². The number of carbonyl (C=O) groups is 1. The second kappa shape index (κ2) is 7.96. The smallest absolute Gasteiger partial charge is 0.247 e. The summed E-state index contributed by atoms with van der Waals surface area (Å²) < 4.78 is 0. The van der Waals surface area contributed by atoms with Crippen LogP contribution in [0.3, 0.4) is 0 Å². The summed E-state index contributed by atoms with van der Waals surface area (Å²) >= 11 is 0. The van der Waals surface area contributed by atoms with Crippen LogP contribution in [0.15, 0.2) is 84.9 Å². The Hall–Kier alpha value is -3.11. The van der Waals surface area contributed by atoms with E-state index >= 15 is 0 Å². The van der Waals surface area contributed by atoms with Crippen LogP contribution >= 0.6 is 0 Å². The Bertz CT molecular complexity index is 1010. The molecule has 2 saturated heterocycles. The zero-order chi connectivity index (χ0) is 20.4. The first-order valence-corrected chi connectivity index (χ1v) is 10.7. The first-order valence-electron chi connectivity index (χ1n) is 10.7. The standard InChI is InChI=1S/C26H27N3O/c30-25-26(29(20-27-25)23-12-5-2-6-13-23)15-17-28(18-16-26)19-22-11-7-8-14-24(22)21-9-3-1-4-10-21/h1-14H,15-20H2,(H,27,30). The van der Waals surface area contributed by atoms with Crippen molar-refractivity contribution in [2.24, 2.45) is 0 Å². The minimum absolute atomic E-state index is 0.177. The van der Waals surface area contributed by atoms with E-state index in [9.17, 15) is 4.79 Å². The van der Waals surface area contributed by atoms with E-state index in [0.29, 0.717) is 6.67 Å². The van der Waals surface area contributed by atoms with Crippen LogP contribution in [0, 0.1) is 0 Å². The SMILES string of the molecule is O=C1NCN(c2ccccc2)C12CCN(Cc1ccccc1-c1ccccc1)CC2. The summed E-state index contributed by atoms with van der Waals surface area (Å²) in [6, 6.07) is 29.6. The zero-order valence-corrected chi connectivity index (χ0v) is 17.1. The van der Waals surface area contributed by atoms with Gasteiger partial charge >= 0.3 is 0 Å². The Balaban J connectivity index is 1.33. The number of benzene rings is 3. The molecular formula is C26H27N3O. The highest BCUT2D eigenvalue weighted by molar-refractivity contribution is 5.93. The van der Waals surface area contributed by atoms with E-state index in [1.54, 1.807) is 0 Å². The summed E-state index contributed by atoms with van der Waals surface area (Å²) in [6.45, 7) is 3.34. The molecule has 152 valence electrons. The maximum absolute atomic E-state index is 12.9. The van der Waals surface area contributed by atoms with Crippen LogP contribution in [0.1, 0.15) is 18.4 Å². The molecule has 2 fully saturated rings. The number of amides is 1. The highest BCUT2D eigenvalue weighted by Gasteiger charge is 2.50. The lowest BCUT2D eigenvalue weighted by molar-refractivity contribution is -0.125. The van der Waals surface area contributed by atoms with Gasteiger partial charge in [-0.2, -0.15) is 0 Å². The van der Waals surface area contributed by atoms with Crippen molar-refractivity contribution in [2.45, 2.75) is 24.9 Å². The topological polar surface area (TPSA) is 35.6 Å². The predicted octanol–water partition coefficient (Wildman–Crippen LogP) is 4.28. The van der Waals surface area contributed by atoms with Crippen LogP contribution < -0.4 is 10.2 Å². The highest BCUT2D eigenvalue weighted by atomic mass is 16.2. The second-order valence-corrected chi connectivity index (χ2v) is 8.26. The van der Waals surface area contributed by atoms with Crippen molar-refractivity contribution in [2.75, 3.05) is 24.7 Å². The third kappa shape index (κ3) is 3.37. The molecule has 2 heterocycles. The molecule has 1 spiro atoms. The number of rotatable bonds is 4. The highest BCUT2D eigenvalue weighted by Crippen LogP contribution is 2.37. The first kappa shape index (κ1) is 18.9. The van der Waals surface area contributed by atoms with E-state index in [4.69, 9.17) is 0 Å². The molecule has 4 nitrogen and oxygen atoms in total. The quantitative estimate of drug-likeness (QED) is 0.714. The van der Waals surface area contributed by atoms with Crippen LogP contribution in [0.5, 0.6) is 0 Å². The van der Waals surface area contributed by atoms with Crippen molar-refractivity contribution in [3.05, 3.63) is 90.5 Å². The van der Waals surface area contributed by atoms with Crippen molar-refractivity contribution in [3.63, 3.8) is 0 Å². The number of anilines is 1. The summed E-state index contributed by atoms with van der Waals surface area (Å²) in [4.78, 5) is 17.6. The maximum Gasteiger partial charge on any atom is 0.247 e. The Kier molecular flexibility index (Phi) is 5.01. The number of para-hydroxylation sites is 1. The second-order valence-electron chi connectivity index (χ2n) is 8.26. The molecule has 0 saturated carbocycles. The third-order valence-corrected chi connectivity index (χ3v) is 6.58. The summed E-state index contributed by atoms with van der Waals surface area (Å²) in [6.07, 6.45) is 1.70. The fourth-order valence-electron chi connectivity index (χ4n) is 4.91. The summed E-state index contributed by atoms with van der Waals surface area (Å²) in [5.41, 5.74) is 4.60. The van der Waals surface area contributed by atoms with E-state index in [1.807, 2.05) is 18.2 Å². The predicted molar refractivity (Wildman–Crippen MR) is 121 cm³/mol. The Morgan fingerprint density at radius 3 is 2.17 bits per heavy atom. The number of hydrogen-bond donors (Lipinski definition) is 1. The molecule has 2 aliphatic heterocycles. The van der Waals surface area contributed by atoms with Gasteiger partial charge in [0.1, 0.15) is 5.54 Å². The van der Waals surface area contributed by atoms with Gasteiger partial charge in [0.2, 0.25) is 5.91 Å². The largest absolute Gasteiger partial charge is 0.339 e. The van der Waals surface area contributed by atoms with Crippen LogP contribution in [-0.2, 0) is 11.3 Å². The molecule has 2 aliphatic rings. The monoisotopic (exact) mass is 397 g/mol. The fourth-order valence-corrected chi connectivity index (χ4v) is 4.91. The van der Waals surface area contributed by atoms with Gasteiger partial charge in [0.15, 0.2) is 0 Å². The van der Waals surface area contributed by atoms with Gasteiger partial charge in [-0.05, 0) is 41.7 Å². The molecular weight excluding hydrogens is 370 g/mol. The fraction of sp³-hybridized carbons (Fsp3) is 0.269. The summed E-state index contributed by atoms with van der Waals surface area (Å²) in [7, 11) is 0. The third-order valence-electron chi connectivity index (χ3n) is 6.58. The number of hydrogen-bond acceptors (Lipinski definition) is 3. The molecule has 0 radical (unpaired) electrons. The molecule has 3 aromatic rings. The molecule has 1 amide bonds. The molecule has 0 bridgehead atoms. The van der Waals surface area contributed by atoms with Crippen molar-refractivity contribution in [1.82, 2.24) is 10.2 Å². The Morgan fingerprint density at radius 1 is 0.800 bits per heavy atom. The molecule has 5 rings (SSSR count). The molecule has 3 aromatic carbocycles. The Morgan fingerprint density at radius 2 is 1.43 bits per heavy atom. The number of likely N-dealkylation sites (tertiary alicyclic amines) is 1. The van der Waals surface area contributed by atoms with E-state index in [1.165, 1.54) is 16.7 Å². The number of nitrogens with one attached hydrogen (secondary N) is 1. The van der Waals surface area contributed by atoms with E-state index in [0.717, 1.165) is 38.2 Å².